The minimum Gasteiger partial charge on any atom is -0.221 e. The second-order valence-corrected chi connectivity index (χ2v) is 6.64. The summed E-state index contributed by atoms with van der Waals surface area (Å²) in [6, 6.07) is 15.2. The van der Waals surface area contributed by atoms with E-state index in [2.05, 4.69) is 84.3 Å². The predicted octanol–water partition coefficient (Wildman–Crippen LogP) is 4.30. The van der Waals surface area contributed by atoms with Crippen molar-refractivity contribution in [2.45, 2.75) is 19.4 Å². The summed E-state index contributed by atoms with van der Waals surface area (Å²) >= 11 is 0. The number of aromatic nitrogens is 2. The molecule has 0 amide bonds. The number of nitrogens with zero attached hydrogens (tertiary/aromatic N) is 2. The van der Waals surface area contributed by atoms with E-state index < -0.39 is 0 Å². The Bertz CT molecular complexity index is 1110. The van der Waals surface area contributed by atoms with Gasteiger partial charge in [0.25, 0.3) is 5.65 Å². The number of fused-ring (bicyclic) bond motifs is 3. The van der Waals surface area contributed by atoms with Gasteiger partial charge in [-0.3, -0.25) is 0 Å². The third-order valence-electron chi connectivity index (χ3n) is 5.23. The molecule has 2 aromatic carbocycles. The molecule has 2 aromatic heterocycles. The summed E-state index contributed by atoms with van der Waals surface area (Å²) in [5, 5.41) is 3.92. The van der Waals surface area contributed by atoms with Gasteiger partial charge in [0.1, 0.15) is 23.4 Å². The van der Waals surface area contributed by atoms with Crippen LogP contribution in [0.25, 0.3) is 32.9 Å². The van der Waals surface area contributed by atoms with E-state index in [0.717, 1.165) is 0 Å². The van der Waals surface area contributed by atoms with Crippen LogP contribution in [0, 0.1) is 0 Å². The van der Waals surface area contributed by atoms with Gasteiger partial charge in [-0.15, -0.1) is 0 Å². The average Bonchev–Trinajstić information content (AvgIpc) is 2.99. The van der Waals surface area contributed by atoms with E-state index in [4.69, 9.17) is 0 Å². The Balaban J connectivity index is 2.23. The first-order valence-electron chi connectivity index (χ1n) is 7.67. The van der Waals surface area contributed by atoms with Crippen molar-refractivity contribution >= 4 is 32.9 Å². The zero-order chi connectivity index (χ0) is 15.1. The van der Waals surface area contributed by atoms with Gasteiger partial charge in [0, 0.05) is 16.3 Å². The largest absolute Gasteiger partial charge is 0.296 e. The first kappa shape index (κ1) is 12.0. The van der Waals surface area contributed by atoms with Gasteiger partial charge in [-0.2, -0.15) is 4.40 Å². The maximum absolute atomic E-state index is 4.41. The maximum atomic E-state index is 4.41. The quantitative estimate of drug-likeness (QED) is 0.336. The van der Waals surface area contributed by atoms with Crippen molar-refractivity contribution in [1.82, 2.24) is 4.40 Å². The fourth-order valence-electron chi connectivity index (χ4n) is 3.93. The normalized spacial score (nSPS) is 16.2. The molecule has 0 unspecified atom stereocenters. The molecule has 4 aromatic rings. The summed E-state index contributed by atoms with van der Waals surface area (Å²) in [4.78, 5) is 0. The lowest BCUT2D eigenvalue weighted by Crippen LogP contribution is -2.53. The SMILES string of the molecule is C=C1c2cccc3c4ccccc4n4cc[n+](c4c23)C1(C)C. The molecular weight excluding hydrogens is 268 g/mol. The van der Waals surface area contributed by atoms with Crippen LogP contribution in [0.4, 0.5) is 0 Å². The Morgan fingerprint density at radius 3 is 2.64 bits per heavy atom. The summed E-state index contributed by atoms with van der Waals surface area (Å²) in [5.41, 5.74) is 4.86. The molecule has 0 radical (unpaired) electrons. The first-order valence-corrected chi connectivity index (χ1v) is 7.67. The van der Waals surface area contributed by atoms with Crippen molar-refractivity contribution in [3.63, 3.8) is 0 Å². The van der Waals surface area contributed by atoms with E-state index in [9.17, 15) is 0 Å². The van der Waals surface area contributed by atoms with Gasteiger partial charge in [0.05, 0.1) is 5.39 Å². The Hall–Kier alpha value is -2.61. The van der Waals surface area contributed by atoms with Crippen LogP contribution in [0.2, 0.25) is 0 Å². The molecule has 1 aliphatic heterocycles. The predicted molar refractivity (Wildman–Crippen MR) is 91.0 cm³/mol. The Kier molecular flexibility index (Phi) is 1.95. The highest BCUT2D eigenvalue weighted by atomic mass is 15.2. The number of hydrogen-bond acceptors (Lipinski definition) is 0. The Morgan fingerprint density at radius 2 is 1.77 bits per heavy atom. The fraction of sp³-hybridized carbons (Fsp3) is 0.150. The van der Waals surface area contributed by atoms with Crippen LogP contribution in [0.15, 0.2) is 61.4 Å². The lowest BCUT2D eigenvalue weighted by molar-refractivity contribution is -0.717. The van der Waals surface area contributed by atoms with Gasteiger partial charge >= 0.3 is 0 Å². The number of allylic oxidation sites excluding steroid dienone is 1. The van der Waals surface area contributed by atoms with Gasteiger partial charge in [-0.25, -0.2) is 4.57 Å². The Morgan fingerprint density at radius 1 is 1.00 bits per heavy atom. The second-order valence-electron chi connectivity index (χ2n) is 6.64. The molecule has 0 N–H and O–H groups in total. The van der Waals surface area contributed by atoms with Crippen LogP contribution >= 0.6 is 0 Å². The highest BCUT2D eigenvalue weighted by Gasteiger charge is 2.39. The van der Waals surface area contributed by atoms with Crippen molar-refractivity contribution in [3.05, 3.63) is 67.0 Å². The number of hydrogen-bond donors (Lipinski definition) is 0. The molecule has 0 spiro atoms. The highest BCUT2D eigenvalue weighted by Crippen LogP contribution is 2.41. The van der Waals surface area contributed by atoms with Crippen LogP contribution in [0.5, 0.6) is 0 Å². The van der Waals surface area contributed by atoms with E-state index in [1.165, 1.54) is 38.5 Å². The van der Waals surface area contributed by atoms with Crippen LogP contribution in [-0.4, -0.2) is 4.40 Å². The molecule has 2 nitrogen and oxygen atoms in total. The van der Waals surface area contributed by atoms with Crippen LogP contribution in [0.3, 0.4) is 0 Å². The lowest BCUT2D eigenvalue weighted by atomic mass is 9.83. The third-order valence-corrected chi connectivity index (χ3v) is 5.23. The molecule has 0 saturated carbocycles. The van der Waals surface area contributed by atoms with E-state index in [1.807, 2.05) is 0 Å². The van der Waals surface area contributed by atoms with Gasteiger partial charge in [-0.05, 0) is 25.5 Å². The monoisotopic (exact) mass is 285 g/mol. The summed E-state index contributed by atoms with van der Waals surface area (Å²) in [6.07, 6.45) is 4.36. The molecule has 2 heteroatoms. The van der Waals surface area contributed by atoms with Gasteiger partial charge in [0.2, 0.25) is 0 Å². The number of para-hydroxylation sites is 1. The third kappa shape index (κ3) is 1.16. The molecule has 0 aliphatic carbocycles. The van der Waals surface area contributed by atoms with Gasteiger partial charge in [0.15, 0.2) is 0 Å². The number of pyridine rings is 1. The van der Waals surface area contributed by atoms with Crippen molar-refractivity contribution < 1.29 is 4.57 Å². The number of benzene rings is 2. The van der Waals surface area contributed by atoms with Crippen LogP contribution in [0.1, 0.15) is 19.4 Å². The number of imidazole rings is 1. The maximum Gasteiger partial charge on any atom is 0.296 e. The van der Waals surface area contributed by atoms with E-state index in [0.29, 0.717) is 0 Å². The zero-order valence-electron chi connectivity index (χ0n) is 12.8. The van der Waals surface area contributed by atoms with Crippen LogP contribution in [-0.2, 0) is 5.54 Å². The van der Waals surface area contributed by atoms with E-state index >= 15 is 0 Å². The summed E-state index contributed by atoms with van der Waals surface area (Å²) in [5.74, 6) is 0. The average molecular weight is 285 g/mol. The lowest BCUT2D eigenvalue weighted by Gasteiger charge is -2.29. The van der Waals surface area contributed by atoms with Gasteiger partial charge < -0.3 is 0 Å². The Labute approximate surface area is 128 Å². The summed E-state index contributed by atoms with van der Waals surface area (Å²) < 4.78 is 4.67. The standard InChI is InChI=1S/C20H17N2/c1-13-14-8-6-9-16-15-7-4-5-10-17(15)21-11-12-22(20(13,2)3)19(21)18(14)16/h4-12H,1H2,2-3H3/q+1. The van der Waals surface area contributed by atoms with Crippen molar-refractivity contribution in [3.8, 4) is 0 Å². The zero-order valence-corrected chi connectivity index (χ0v) is 12.8. The molecule has 0 atom stereocenters. The summed E-state index contributed by atoms with van der Waals surface area (Å²) in [6.45, 7) is 8.89. The molecule has 3 heterocycles. The van der Waals surface area contributed by atoms with Crippen molar-refractivity contribution in [2.75, 3.05) is 0 Å². The summed E-state index contributed by atoms with van der Waals surface area (Å²) in [7, 11) is 0. The van der Waals surface area contributed by atoms with Crippen LogP contribution < -0.4 is 4.57 Å². The molecule has 22 heavy (non-hydrogen) atoms. The topological polar surface area (TPSA) is 8.29 Å². The molecule has 106 valence electrons. The molecule has 0 saturated heterocycles. The molecule has 0 bridgehead atoms. The van der Waals surface area contributed by atoms with Crippen molar-refractivity contribution in [2.24, 2.45) is 0 Å². The molecule has 5 rings (SSSR count). The molecular formula is C20H17N2+. The van der Waals surface area contributed by atoms with E-state index in [-0.39, 0.29) is 5.54 Å². The minimum atomic E-state index is -0.113. The molecule has 0 fully saturated rings. The minimum absolute atomic E-state index is 0.113. The number of rotatable bonds is 0. The second kappa shape index (κ2) is 3.58. The fourth-order valence-corrected chi connectivity index (χ4v) is 3.93. The molecule has 1 aliphatic rings. The van der Waals surface area contributed by atoms with Gasteiger partial charge in [-0.1, -0.05) is 43.0 Å². The smallest absolute Gasteiger partial charge is 0.221 e. The highest BCUT2D eigenvalue weighted by molar-refractivity contribution is 6.15. The van der Waals surface area contributed by atoms with E-state index in [1.54, 1.807) is 0 Å². The first-order chi connectivity index (χ1) is 10.6. The van der Waals surface area contributed by atoms with Crippen molar-refractivity contribution in [1.29, 1.82) is 0 Å².